The first kappa shape index (κ1) is 9.97. The van der Waals surface area contributed by atoms with Gasteiger partial charge in [0, 0.05) is 6.04 Å². The number of nitrogens with zero attached hydrogens (tertiary/aromatic N) is 1. The maximum Gasteiger partial charge on any atom is 0.241 e. The van der Waals surface area contributed by atoms with Gasteiger partial charge in [0.1, 0.15) is 0 Å². The van der Waals surface area contributed by atoms with Crippen LogP contribution in [0.25, 0.3) is 0 Å². The fourth-order valence-electron chi connectivity index (χ4n) is 2.30. The predicted molar refractivity (Wildman–Crippen MR) is 55.7 cm³/mol. The zero-order valence-electron chi connectivity index (χ0n) is 9.50. The van der Waals surface area contributed by atoms with E-state index >= 15 is 0 Å². The lowest BCUT2D eigenvalue weighted by atomic mass is 10.0. The maximum atomic E-state index is 12.0. The van der Waals surface area contributed by atoms with Crippen LogP contribution in [0.5, 0.6) is 0 Å². The van der Waals surface area contributed by atoms with Crippen molar-refractivity contribution in [2.75, 3.05) is 6.67 Å². The third kappa shape index (κ3) is 1.44. The van der Waals surface area contributed by atoms with Crippen LogP contribution >= 0.6 is 0 Å². The van der Waals surface area contributed by atoms with E-state index in [1.54, 1.807) is 0 Å². The molecular weight excluding hydrogens is 176 g/mol. The van der Waals surface area contributed by atoms with Crippen LogP contribution in [0.15, 0.2) is 0 Å². The minimum atomic E-state index is 0.0476. The fraction of sp³-hybridized carbons (Fsp3) is 0.909. The summed E-state index contributed by atoms with van der Waals surface area (Å²) < 4.78 is 0. The van der Waals surface area contributed by atoms with Gasteiger partial charge >= 0.3 is 0 Å². The van der Waals surface area contributed by atoms with Gasteiger partial charge in [-0.25, -0.2) is 0 Å². The number of hydrogen-bond acceptors (Lipinski definition) is 2. The Morgan fingerprint density at radius 3 is 2.43 bits per heavy atom. The Hall–Kier alpha value is -0.570. The quantitative estimate of drug-likeness (QED) is 0.719. The summed E-state index contributed by atoms with van der Waals surface area (Å²) in [6.45, 7) is 9.39. The van der Waals surface area contributed by atoms with Gasteiger partial charge in [0.05, 0.1) is 12.7 Å². The van der Waals surface area contributed by atoms with E-state index in [9.17, 15) is 4.79 Å². The average Bonchev–Trinajstić information content (AvgIpc) is 2.54. The summed E-state index contributed by atoms with van der Waals surface area (Å²) in [7, 11) is 0. The van der Waals surface area contributed by atoms with E-state index in [2.05, 4.69) is 33.0 Å². The highest BCUT2D eigenvalue weighted by atomic mass is 16.2. The average molecular weight is 196 g/mol. The predicted octanol–water partition coefficient (Wildman–Crippen LogP) is 1.20. The molecule has 0 aromatic rings. The van der Waals surface area contributed by atoms with Crippen molar-refractivity contribution < 1.29 is 4.79 Å². The number of carbonyl (C=O) groups is 1. The maximum absolute atomic E-state index is 12.0. The molecule has 0 aromatic carbocycles. The molecule has 14 heavy (non-hydrogen) atoms. The van der Waals surface area contributed by atoms with Crippen LogP contribution in [-0.2, 0) is 4.79 Å². The van der Waals surface area contributed by atoms with Gasteiger partial charge in [0.2, 0.25) is 5.91 Å². The molecule has 2 aliphatic rings. The Kier molecular flexibility index (Phi) is 2.11. The van der Waals surface area contributed by atoms with Gasteiger partial charge in [-0.1, -0.05) is 27.7 Å². The number of carbonyl (C=O) groups excluding carboxylic acids is 1. The molecule has 2 rings (SSSR count). The van der Waals surface area contributed by atoms with E-state index in [-0.39, 0.29) is 6.04 Å². The Morgan fingerprint density at radius 2 is 2.07 bits per heavy atom. The van der Waals surface area contributed by atoms with Crippen molar-refractivity contribution in [3.8, 4) is 0 Å². The van der Waals surface area contributed by atoms with Crippen molar-refractivity contribution in [3.63, 3.8) is 0 Å². The molecular formula is C11H20N2O. The first-order chi connectivity index (χ1) is 6.43. The van der Waals surface area contributed by atoms with E-state index < -0.39 is 0 Å². The summed E-state index contributed by atoms with van der Waals surface area (Å²) in [5.74, 6) is 0.699. The molecule has 3 nitrogen and oxygen atoms in total. The Morgan fingerprint density at radius 1 is 1.50 bits per heavy atom. The van der Waals surface area contributed by atoms with E-state index in [1.165, 1.54) is 0 Å². The van der Waals surface area contributed by atoms with Gasteiger partial charge in [0.15, 0.2) is 0 Å². The summed E-state index contributed by atoms with van der Waals surface area (Å²) >= 11 is 0. The van der Waals surface area contributed by atoms with Gasteiger partial charge in [-0.3, -0.25) is 10.1 Å². The number of rotatable bonds is 2. The van der Waals surface area contributed by atoms with Crippen molar-refractivity contribution in [3.05, 3.63) is 0 Å². The van der Waals surface area contributed by atoms with E-state index in [4.69, 9.17) is 0 Å². The summed E-state index contributed by atoms with van der Waals surface area (Å²) in [6, 6.07) is 0.526. The van der Waals surface area contributed by atoms with Crippen molar-refractivity contribution in [1.29, 1.82) is 0 Å². The van der Waals surface area contributed by atoms with Crippen LogP contribution < -0.4 is 5.32 Å². The third-order valence-electron chi connectivity index (χ3n) is 3.53. The molecule has 80 valence electrons. The monoisotopic (exact) mass is 196 g/mol. The van der Waals surface area contributed by atoms with Crippen molar-refractivity contribution in [2.24, 2.45) is 11.3 Å². The summed E-state index contributed by atoms with van der Waals surface area (Å²) in [5.41, 5.74) is 0.350. The lowest BCUT2D eigenvalue weighted by Crippen LogP contribution is -2.36. The van der Waals surface area contributed by atoms with Crippen LogP contribution in [0.3, 0.4) is 0 Å². The summed E-state index contributed by atoms with van der Waals surface area (Å²) in [4.78, 5) is 14.0. The molecule has 0 aromatic heterocycles. The summed E-state index contributed by atoms with van der Waals surface area (Å²) in [6.07, 6.45) is 1.16. The van der Waals surface area contributed by atoms with Crippen LogP contribution in [-0.4, -0.2) is 29.6 Å². The largest absolute Gasteiger partial charge is 0.325 e. The Labute approximate surface area is 85.8 Å². The molecule has 2 unspecified atom stereocenters. The highest BCUT2D eigenvalue weighted by molar-refractivity contribution is 5.84. The van der Waals surface area contributed by atoms with Gasteiger partial charge in [-0.05, 0) is 17.8 Å². The molecule has 3 heteroatoms. The van der Waals surface area contributed by atoms with Crippen LogP contribution in [0.1, 0.15) is 34.1 Å². The molecule has 1 N–H and O–H groups in total. The Bertz CT molecular complexity index is 260. The number of nitrogens with one attached hydrogen (secondary N) is 1. The standard InChI is InChI=1S/C11H20N2O/c1-7(2)9-10(14)13(6-12-9)8-5-11(8,3)4/h7-9,12H,5-6H2,1-4H3. The second kappa shape index (κ2) is 2.96. The topological polar surface area (TPSA) is 32.3 Å². The molecule has 0 radical (unpaired) electrons. The second-order valence-corrected chi connectivity index (χ2v) is 5.60. The highest BCUT2D eigenvalue weighted by Gasteiger charge is 2.53. The molecule has 1 saturated heterocycles. The first-order valence-electron chi connectivity index (χ1n) is 5.47. The zero-order valence-corrected chi connectivity index (χ0v) is 9.50. The molecule has 1 amide bonds. The Balaban J connectivity index is 2.02. The smallest absolute Gasteiger partial charge is 0.241 e. The fourth-order valence-corrected chi connectivity index (χ4v) is 2.30. The number of amides is 1. The lowest BCUT2D eigenvalue weighted by molar-refractivity contribution is -0.130. The lowest BCUT2D eigenvalue weighted by Gasteiger charge is -2.18. The third-order valence-corrected chi connectivity index (χ3v) is 3.53. The van der Waals surface area contributed by atoms with Crippen LogP contribution in [0.4, 0.5) is 0 Å². The molecule has 1 aliphatic heterocycles. The van der Waals surface area contributed by atoms with E-state index in [0.29, 0.717) is 23.3 Å². The normalized spacial score (nSPS) is 35.5. The molecule has 0 spiro atoms. The zero-order chi connectivity index (χ0) is 10.5. The minimum absolute atomic E-state index is 0.0476. The van der Waals surface area contributed by atoms with Crippen molar-refractivity contribution >= 4 is 5.91 Å². The van der Waals surface area contributed by atoms with Crippen LogP contribution in [0.2, 0.25) is 0 Å². The molecule has 1 saturated carbocycles. The summed E-state index contributed by atoms with van der Waals surface area (Å²) in [5, 5.41) is 3.29. The SMILES string of the molecule is CC(C)C1NCN(C2CC2(C)C)C1=O. The second-order valence-electron chi connectivity index (χ2n) is 5.60. The van der Waals surface area contributed by atoms with E-state index in [1.807, 2.05) is 4.90 Å². The minimum Gasteiger partial charge on any atom is -0.325 e. The number of hydrogen-bond donors (Lipinski definition) is 1. The molecule has 1 heterocycles. The highest BCUT2D eigenvalue weighted by Crippen LogP contribution is 2.49. The van der Waals surface area contributed by atoms with Crippen molar-refractivity contribution in [1.82, 2.24) is 10.2 Å². The van der Waals surface area contributed by atoms with Gasteiger partial charge in [-0.15, -0.1) is 0 Å². The van der Waals surface area contributed by atoms with Gasteiger partial charge in [0.25, 0.3) is 0 Å². The van der Waals surface area contributed by atoms with Crippen molar-refractivity contribution in [2.45, 2.75) is 46.2 Å². The van der Waals surface area contributed by atoms with Gasteiger partial charge in [-0.2, -0.15) is 0 Å². The molecule has 0 bridgehead atoms. The van der Waals surface area contributed by atoms with Gasteiger partial charge < -0.3 is 4.90 Å². The first-order valence-corrected chi connectivity index (χ1v) is 5.47. The molecule has 2 fully saturated rings. The van der Waals surface area contributed by atoms with Crippen LogP contribution in [0, 0.1) is 11.3 Å². The molecule has 2 atom stereocenters. The molecule has 1 aliphatic carbocycles. The van der Waals surface area contributed by atoms with E-state index in [0.717, 1.165) is 13.1 Å².